The van der Waals surface area contributed by atoms with Gasteiger partial charge in [0.05, 0.1) is 0 Å². The fourth-order valence-corrected chi connectivity index (χ4v) is 2.44. The Morgan fingerprint density at radius 2 is 1.64 bits per heavy atom. The Morgan fingerprint density at radius 3 is 2.23 bits per heavy atom. The van der Waals surface area contributed by atoms with E-state index in [2.05, 4.69) is 23.7 Å². The van der Waals surface area contributed by atoms with Crippen LogP contribution in [-0.4, -0.2) is 5.11 Å². The number of nitrogen functional groups attached to an aromatic ring is 1. The van der Waals surface area contributed by atoms with Crippen molar-refractivity contribution in [1.29, 1.82) is 0 Å². The zero-order valence-corrected chi connectivity index (χ0v) is 13.2. The summed E-state index contributed by atoms with van der Waals surface area (Å²) in [5, 5.41) is 11.4. The van der Waals surface area contributed by atoms with Crippen LogP contribution in [0.4, 0.5) is 5.69 Å². The van der Waals surface area contributed by atoms with Crippen molar-refractivity contribution in [2.24, 2.45) is 0 Å². The van der Waals surface area contributed by atoms with Gasteiger partial charge in [0.15, 0.2) is 0 Å². The number of halogens is 1. The van der Waals surface area contributed by atoms with Crippen LogP contribution in [0.1, 0.15) is 19.4 Å². The minimum Gasteiger partial charge on any atom is -0.398 e. The van der Waals surface area contributed by atoms with Gasteiger partial charge >= 0.3 is 0 Å². The molecule has 0 unspecified atom stereocenters. The van der Waals surface area contributed by atoms with Crippen LogP contribution in [0, 0.1) is 23.7 Å². The molecule has 0 saturated heterocycles. The lowest BCUT2D eigenvalue weighted by Crippen LogP contribution is -2.23. The lowest BCUT2D eigenvalue weighted by Gasteiger charge is -2.19. The second-order valence-corrected chi connectivity index (χ2v) is 5.21. The van der Waals surface area contributed by atoms with Gasteiger partial charge in [-0.1, -0.05) is 41.6 Å². The number of rotatable bonds is 2. The predicted octanol–water partition coefficient (Wildman–Crippen LogP) is 3.82. The van der Waals surface area contributed by atoms with Gasteiger partial charge < -0.3 is 10.8 Å². The van der Waals surface area contributed by atoms with Crippen molar-refractivity contribution in [3.63, 3.8) is 0 Å². The van der Waals surface area contributed by atoms with Crippen molar-refractivity contribution in [3.05, 3.63) is 53.1 Å². The van der Waals surface area contributed by atoms with Crippen LogP contribution in [0.2, 0.25) is 5.02 Å². The largest absolute Gasteiger partial charge is 0.398 e. The average molecular weight is 310 g/mol. The molecule has 0 aliphatic heterocycles. The number of benzene rings is 2. The second-order valence-electron chi connectivity index (χ2n) is 4.77. The monoisotopic (exact) mass is 309 g/mol. The summed E-state index contributed by atoms with van der Waals surface area (Å²) in [7, 11) is 0. The number of hydrogen-bond donors (Lipinski definition) is 2. The van der Waals surface area contributed by atoms with Crippen LogP contribution in [0.3, 0.4) is 0 Å². The van der Waals surface area contributed by atoms with Gasteiger partial charge in [-0.25, -0.2) is 0 Å². The van der Waals surface area contributed by atoms with Crippen LogP contribution < -0.4 is 5.73 Å². The van der Waals surface area contributed by atoms with E-state index < -0.39 is 5.60 Å². The molecule has 0 fully saturated rings. The molecule has 0 amide bonds. The molecule has 0 radical (unpaired) electrons. The van der Waals surface area contributed by atoms with Crippen molar-refractivity contribution in [3.8, 4) is 34.8 Å². The summed E-state index contributed by atoms with van der Waals surface area (Å²) >= 11 is 6.04. The van der Waals surface area contributed by atoms with Crippen molar-refractivity contribution in [2.45, 2.75) is 19.4 Å². The summed E-state index contributed by atoms with van der Waals surface area (Å²) in [5.74, 6) is 10.9. The Kier molecular flexibility index (Phi) is 4.78. The smallest absolute Gasteiger partial charge is 0.216 e. The third kappa shape index (κ3) is 3.26. The Bertz CT molecular complexity index is 799. The van der Waals surface area contributed by atoms with E-state index in [4.69, 9.17) is 17.3 Å². The highest BCUT2D eigenvalue weighted by Crippen LogP contribution is 2.31. The summed E-state index contributed by atoms with van der Waals surface area (Å²) in [5.41, 5.74) is 7.19. The maximum absolute atomic E-state index is 10.7. The molecular formula is C19H16ClNO. The van der Waals surface area contributed by atoms with Gasteiger partial charge in [0.25, 0.3) is 0 Å². The maximum Gasteiger partial charge on any atom is 0.216 e. The van der Waals surface area contributed by atoms with Crippen molar-refractivity contribution in [2.75, 3.05) is 5.73 Å². The Balaban J connectivity index is 2.64. The van der Waals surface area contributed by atoms with Gasteiger partial charge in [-0.2, -0.15) is 0 Å². The molecular weight excluding hydrogens is 294 g/mol. The highest BCUT2D eigenvalue weighted by Gasteiger charge is 2.27. The molecule has 0 heterocycles. The molecule has 110 valence electrons. The van der Waals surface area contributed by atoms with Crippen LogP contribution in [0.15, 0.2) is 42.5 Å². The van der Waals surface area contributed by atoms with E-state index in [9.17, 15) is 5.11 Å². The molecule has 0 saturated carbocycles. The number of nitrogens with two attached hydrogens (primary N) is 1. The minimum absolute atomic E-state index is 0.443. The third-order valence-electron chi connectivity index (χ3n) is 3.21. The zero-order chi connectivity index (χ0) is 16.2. The Hall–Kier alpha value is -2.39. The summed E-state index contributed by atoms with van der Waals surface area (Å²) < 4.78 is 0. The van der Waals surface area contributed by atoms with Crippen LogP contribution in [0.25, 0.3) is 11.1 Å². The lowest BCUT2D eigenvalue weighted by molar-refractivity contribution is 0.165. The molecule has 2 nitrogen and oxygen atoms in total. The first kappa shape index (κ1) is 16.0. The average Bonchev–Trinajstić information content (AvgIpc) is 2.48. The van der Waals surface area contributed by atoms with Crippen molar-refractivity contribution < 1.29 is 5.11 Å². The predicted molar refractivity (Wildman–Crippen MR) is 92.1 cm³/mol. The highest BCUT2D eigenvalue weighted by atomic mass is 35.5. The molecule has 0 spiro atoms. The van der Waals surface area contributed by atoms with Gasteiger partial charge in [0.1, 0.15) is 0 Å². The molecule has 2 aromatic carbocycles. The normalized spacial score (nSPS) is 10.2. The number of hydrogen-bond acceptors (Lipinski definition) is 2. The fourth-order valence-electron chi connectivity index (χ4n) is 2.24. The van der Waals surface area contributed by atoms with Gasteiger partial charge in [-0.15, -0.1) is 11.8 Å². The Morgan fingerprint density at radius 1 is 1.00 bits per heavy atom. The van der Waals surface area contributed by atoms with Gasteiger partial charge in [-0.05, 0) is 49.2 Å². The summed E-state index contributed by atoms with van der Waals surface area (Å²) in [4.78, 5) is 0. The highest BCUT2D eigenvalue weighted by molar-refractivity contribution is 6.30. The number of anilines is 1. The van der Waals surface area contributed by atoms with Crippen molar-refractivity contribution >= 4 is 17.3 Å². The molecule has 2 aromatic rings. The second kappa shape index (κ2) is 6.58. The van der Waals surface area contributed by atoms with Crippen LogP contribution in [-0.2, 0) is 5.60 Å². The summed E-state index contributed by atoms with van der Waals surface area (Å²) in [6.07, 6.45) is 0. The van der Waals surface area contributed by atoms with E-state index in [1.54, 1.807) is 26.0 Å². The molecule has 0 atom stereocenters. The minimum atomic E-state index is -1.58. The molecule has 3 heteroatoms. The fraction of sp³-hybridized carbons (Fsp3) is 0.158. The molecule has 3 N–H and O–H groups in total. The van der Waals surface area contributed by atoms with Crippen LogP contribution >= 0.6 is 11.6 Å². The first-order valence-electron chi connectivity index (χ1n) is 6.76. The molecule has 22 heavy (non-hydrogen) atoms. The molecule has 0 bridgehead atoms. The van der Waals surface area contributed by atoms with E-state index in [-0.39, 0.29) is 0 Å². The first-order valence-corrected chi connectivity index (χ1v) is 7.14. The van der Waals surface area contributed by atoms with E-state index in [0.717, 1.165) is 11.1 Å². The van der Waals surface area contributed by atoms with E-state index in [1.807, 2.05) is 30.3 Å². The topological polar surface area (TPSA) is 46.2 Å². The quantitative estimate of drug-likeness (QED) is 0.654. The molecule has 2 rings (SSSR count). The van der Waals surface area contributed by atoms with E-state index in [0.29, 0.717) is 16.3 Å². The maximum atomic E-state index is 10.7. The number of aliphatic hydroxyl groups is 1. The third-order valence-corrected chi connectivity index (χ3v) is 3.45. The van der Waals surface area contributed by atoms with Gasteiger partial charge in [0, 0.05) is 16.3 Å². The molecule has 0 aliphatic carbocycles. The standard InChI is InChI=1S/C19H16ClNO/c1-3-10-19(22,11-4-2)17-13-15(8-9-18(17)21)14-6-5-7-16(20)12-14/h5-9,12-13,22H,21H2,1-2H3. The van der Waals surface area contributed by atoms with Crippen molar-refractivity contribution in [1.82, 2.24) is 0 Å². The van der Waals surface area contributed by atoms with Gasteiger partial charge in [0.2, 0.25) is 5.60 Å². The molecule has 0 aliphatic rings. The lowest BCUT2D eigenvalue weighted by atomic mass is 9.90. The zero-order valence-electron chi connectivity index (χ0n) is 12.4. The summed E-state index contributed by atoms with van der Waals surface area (Å²) in [6, 6.07) is 12.9. The van der Waals surface area contributed by atoms with E-state index in [1.165, 1.54) is 0 Å². The van der Waals surface area contributed by atoms with Crippen LogP contribution in [0.5, 0.6) is 0 Å². The van der Waals surface area contributed by atoms with Gasteiger partial charge in [-0.3, -0.25) is 0 Å². The molecule has 0 aromatic heterocycles. The summed E-state index contributed by atoms with van der Waals surface area (Å²) in [6.45, 7) is 3.30. The van der Waals surface area contributed by atoms with E-state index >= 15 is 0 Å². The Labute approximate surface area is 135 Å². The SMILES string of the molecule is CC#CC(O)(C#CC)c1cc(-c2cccc(Cl)c2)ccc1N. The first-order chi connectivity index (χ1) is 10.5.